The van der Waals surface area contributed by atoms with Gasteiger partial charge in [0.2, 0.25) is 0 Å². The molecule has 2 nitrogen and oxygen atoms in total. The molecule has 0 saturated heterocycles. The van der Waals surface area contributed by atoms with Crippen LogP contribution in [0.2, 0.25) is 0 Å². The lowest BCUT2D eigenvalue weighted by atomic mass is 10.1. The van der Waals surface area contributed by atoms with Crippen LogP contribution in [0.15, 0.2) is 47.3 Å². The molecule has 2 aromatic rings. The van der Waals surface area contributed by atoms with Gasteiger partial charge in [-0.3, -0.25) is 0 Å². The maximum Gasteiger partial charge on any atom is 0.124 e. The molecule has 202 valence electrons. The predicted molar refractivity (Wildman–Crippen MR) is 168 cm³/mol. The lowest BCUT2D eigenvalue weighted by molar-refractivity contribution is 0.408. The largest absolute Gasteiger partial charge is 0.496 e. The van der Waals surface area contributed by atoms with Crippen molar-refractivity contribution in [1.82, 2.24) is 0 Å². The fraction of sp³-hybridized carbons (Fsp3) is 0.515. The number of hydrogen-bond acceptors (Lipinski definition) is 2. The molecule has 3 rings (SSSR count). The molecule has 0 fully saturated rings. The number of aryl methyl sites for hydroxylation is 4. The van der Waals surface area contributed by atoms with Crippen molar-refractivity contribution in [1.29, 1.82) is 0 Å². The van der Waals surface area contributed by atoms with E-state index >= 15 is 0 Å². The van der Waals surface area contributed by atoms with Crippen LogP contribution in [-0.4, -0.2) is 30.2 Å². The van der Waals surface area contributed by atoms with Crippen molar-refractivity contribution < 1.29 is 9.47 Å². The SMILES string of the molecule is COc1c(C)cc(P(C2=C([C@@H](C)P(C(C)(C)C)C(C)(C)C)C=CC2)c2cc(C)c(OC)c(C)c2)cc1C. The normalized spacial score (nSPS) is 15.2. The molecule has 1 aliphatic carbocycles. The van der Waals surface area contributed by atoms with Crippen LogP contribution in [0, 0.1) is 27.7 Å². The van der Waals surface area contributed by atoms with E-state index in [1.54, 1.807) is 25.1 Å². The third-order valence-corrected chi connectivity index (χ3v) is 13.8. The van der Waals surface area contributed by atoms with Crippen LogP contribution in [0.3, 0.4) is 0 Å². The minimum absolute atomic E-state index is 0.269. The summed E-state index contributed by atoms with van der Waals surface area (Å²) in [5.74, 6) is 1.99. The standard InChI is InChI=1S/C33H48O2P2/c1-21-17-26(18-22(2)30(21)34-12)36(27-19-23(3)31(35-13)24(4)20-27)29-16-14-15-28(29)25(5)37(32(6,7)8)33(9,10)11/h14-15,17-20,25H,16H2,1-13H3/t25-/m1/s1. The molecule has 37 heavy (non-hydrogen) atoms. The number of benzene rings is 2. The van der Waals surface area contributed by atoms with Gasteiger partial charge in [0.1, 0.15) is 11.5 Å². The van der Waals surface area contributed by atoms with Crippen LogP contribution in [-0.2, 0) is 0 Å². The molecule has 1 aliphatic rings. The molecule has 0 aromatic heterocycles. The Bertz CT molecular complexity index is 1090. The first-order valence-corrected chi connectivity index (χ1v) is 16.2. The van der Waals surface area contributed by atoms with E-state index in [-0.39, 0.29) is 18.2 Å². The van der Waals surface area contributed by atoms with Crippen molar-refractivity contribution >= 4 is 26.5 Å². The summed E-state index contributed by atoms with van der Waals surface area (Å²) in [5.41, 5.74) is 6.92. The van der Waals surface area contributed by atoms with Gasteiger partial charge in [-0.15, -0.1) is 0 Å². The average molecular weight is 539 g/mol. The van der Waals surface area contributed by atoms with E-state index in [1.165, 1.54) is 32.9 Å². The summed E-state index contributed by atoms with van der Waals surface area (Å²) in [6.45, 7) is 25.8. The second-order valence-corrected chi connectivity index (χ2v) is 18.9. The van der Waals surface area contributed by atoms with Gasteiger partial charge < -0.3 is 9.47 Å². The Morgan fingerprint density at radius 1 is 0.703 bits per heavy atom. The van der Waals surface area contributed by atoms with Crippen molar-refractivity contribution in [3.63, 3.8) is 0 Å². The topological polar surface area (TPSA) is 18.5 Å². The highest BCUT2D eigenvalue weighted by molar-refractivity contribution is 7.77. The van der Waals surface area contributed by atoms with Crippen molar-refractivity contribution in [3.8, 4) is 11.5 Å². The maximum atomic E-state index is 5.74. The lowest BCUT2D eigenvalue weighted by Crippen LogP contribution is -2.31. The summed E-state index contributed by atoms with van der Waals surface area (Å²) in [5, 5.41) is 4.97. The van der Waals surface area contributed by atoms with E-state index in [9.17, 15) is 0 Å². The zero-order valence-electron chi connectivity index (χ0n) is 25.5. The monoisotopic (exact) mass is 538 g/mol. The molecule has 4 heteroatoms. The first-order valence-electron chi connectivity index (χ1n) is 13.4. The molecule has 0 aliphatic heterocycles. The summed E-state index contributed by atoms with van der Waals surface area (Å²) in [4.78, 5) is 0. The number of methoxy groups -OCH3 is 2. The third kappa shape index (κ3) is 6.18. The van der Waals surface area contributed by atoms with Gasteiger partial charge in [0.05, 0.1) is 14.2 Å². The highest BCUT2D eigenvalue weighted by Crippen LogP contribution is 2.66. The Balaban J connectivity index is 2.31. The Morgan fingerprint density at radius 3 is 1.41 bits per heavy atom. The van der Waals surface area contributed by atoms with Gasteiger partial charge in [0.25, 0.3) is 0 Å². The van der Waals surface area contributed by atoms with Crippen LogP contribution in [0.5, 0.6) is 11.5 Å². The molecule has 0 bridgehead atoms. The summed E-state index contributed by atoms with van der Waals surface area (Å²) in [6.07, 6.45) is 5.88. The van der Waals surface area contributed by atoms with E-state index in [0.29, 0.717) is 5.66 Å². The van der Waals surface area contributed by atoms with Gasteiger partial charge in [-0.25, -0.2) is 0 Å². The number of hydrogen-bond donors (Lipinski definition) is 0. The first-order chi connectivity index (χ1) is 17.1. The van der Waals surface area contributed by atoms with Crippen LogP contribution in [0.1, 0.15) is 77.1 Å². The Kier molecular flexibility index (Phi) is 9.09. The van der Waals surface area contributed by atoms with Crippen LogP contribution in [0.4, 0.5) is 0 Å². The summed E-state index contributed by atoms with van der Waals surface area (Å²) in [6, 6.07) is 9.49. The summed E-state index contributed by atoms with van der Waals surface area (Å²) >= 11 is 0. The maximum absolute atomic E-state index is 5.74. The van der Waals surface area contributed by atoms with E-state index in [1.807, 2.05) is 0 Å². The molecule has 0 N–H and O–H groups in total. The molecule has 0 saturated carbocycles. The molecule has 0 spiro atoms. The minimum Gasteiger partial charge on any atom is -0.496 e. The van der Waals surface area contributed by atoms with Crippen LogP contribution in [0.25, 0.3) is 0 Å². The van der Waals surface area contributed by atoms with Gasteiger partial charge in [-0.2, -0.15) is 0 Å². The Labute approximate surface area is 229 Å². The smallest absolute Gasteiger partial charge is 0.124 e. The van der Waals surface area contributed by atoms with Gasteiger partial charge in [-0.05, 0) is 120 Å². The first kappa shape index (κ1) is 29.9. The fourth-order valence-corrected chi connectivity index (χ4v) is 14.6. The highest BCUT2D eigenvalue weighted by atomic mass is 31.1. The quantitative estimate of drug-likeness (QED) is 0.327. The van der Waals surface area contributed by atoms with Crippen molar-refractivity contribution in [2.24, 2.45) is 0 Å². The third-order valence-electron chi connectivity index (χ3n) is 7.31. The second kappa shape index (κ2) is 11.2. The van der Waals surface area contributed by atoms with Gasteiger partial charge in [0, 0.05) is 5.66 Å². The van der Waals surface area contributed by atoms with Gasteiger partial charge in [-0.1, -0.05) is 68.5 Å². The molecular formula is C33H48O2P2. The van der Waals surface area contributed by atoms with E-state index < -0.39 is 7.92 Å². The molecule has 0 amide bonds. The molecule has 0 unspecified atom stereocenters. The van der Waals surface area contributed by atoms with Gasteiger partial charge >= 0.3 is 0 Å². The fourth-order valence-electron chi connectivity index (χ4n) is 6.64. The molecule has 0 heterocycles. The number of ether oxygens (including phenoxy) is 2. The molecular weight excluding hydrogens is 490 g/mol. The van der Waals surface area contributed by atoms with Crippen LogP contribution >= 0.6 is 15.8 Å². The van der Waals surface area contributed by atoms with Crippen molar-refractivity contribution in [2.75, 3.05) is 14.2 Å². The second-order valence-electron chi connectivity index (χ2n) is 12.5. The average Bonchev–Trinajstić information content (AvgIpc) is 3.21. The van der Waals surface area contributed by atoms with E-state index in [2.05, 4.69) is 113 Å². The molecule has 2 aromatic carbocycles. The van der Waals surface area contributed by atoms with Crippen molar-refractivity contribution in [2.45, 2.75) is 98.6 Å². The zero-order chi connectivity index (χ0) is 27.9. The van der Waals surface area contributed by atoms with Gasteiger partial charge in [0.15, 0.2) is 0 Å². The van der Waals surface area contributed by atoms with E-state index in [4.69, 9.17) is 9.47 Å². The molecule has 1 atom stereocenters. The zero-order valence-corrected chi connectivity index (χ0v) is 27.2. The minimum atomic E-state index is -0.703. The Morgan fingerprint density at radius 2 is 1.08 bits per heavy atom. The molecule has 0 radical (unpaired) electrons. The lowest BCUT2D eigenvalue weighted by Gasteiger charge is -2.46. The summed E-state index contributed by atoms with van der Waals surface area (Å²) in [7, 11) is 2.57. The number of rotatable bonds is 7. The number of allylic oxidation sites excluding steroid dienone is 4. The van der Waals surface area contributed by atoms with Crippen LogP contribution < -0.4 is 20.1 Å². The highest BCUT2D eigenvalue weighted by Gasteiger charge is 2.40. The van der Waals surface area contributed by atoms with Crippen molar-refractivity contribution in [3.05, 3.63) is 69.6 Å². The summed E-state index contributed by atoms with van der Waals surface area (Å²) < 4.78 is 11.5. The Hall–Kier alpha value is -1.62. The van der Waals surface area contributed by atoms with E-state index in [0.717, 1.165) is 17.9 Å². The predicted octanol–water partition coefficient (Wildman–Crippen LogP) is 9.05.